The molecule has 0 saturated heterocycles. The number of aromatic nitrogens is 3. The molecule has 0 atom stereocenters. The quantitative estimate of drug-likeness (QED) is 0.155. The first-order valence-electron chi connectivity index (χ1n) is 19.9. The lowest BCUT2D eigenvalue weighted by molar-refractivity contribution is 1.11. The molecule has 0 fully saturated rings. The van der Waals surface area contributed by atoms with Crippen molar-refractivity contribution in [3.63, 3.8) is 0 Å². The van der Waals surface area contributed by atoms with Crippen molar-refractivity contribution >= 4 is 72.2 Å². The summed E-state index contributed by atoms with van der Waals surface area (Å²) in [4.78, 5) is 0. The Bertz CT molecular complexity index is 3390. The molecule has 0 spiro atoms. The lowest BCUT2D eigenvalue weighted by Gasteiger charge is -2.10. The molecule has 0 bridgehead atoms. The third kappa shape index (κ3) is 5.28. The maximum Gasteiger partial charge on any atom is 0.0541 e. The molecule has 274 valence electrons. The van der Waals surface area contributed by atoms with Gasteiger partial charge in [-0.3, -0.25) is 0 Å². The highest BCUT2D eigenvalue weighted by molar-refractivity contribution is 6.12. The zero-order chi connectivity index (χ0) is 38.7. The van der Waals surface area contributed by atoms with E-state index in [1.165, 1.54) is 71.3 Å². The summed E-state index contributed by atoms with van der Waals surface area (Å²) in [5.74, 6) is 0. The topological polar surface area (TPSA) is 14.8 Å². The second kappa shape index (κ2) is 13.5. The third-order valence-corrected chi connectivity index (χ3v) is 11.8. The first-order chi connectivity index (χ1) is 28.7. The van der Waals surface area contributed by atoms with Crippen LogP contribution in [-0.2, 0) is 0 Å². The van der Waals surface area contributed by atoms with Gasteiger partial charge in [-0.15, -0.1) is 0 Å². The molecule has 0 saturated carbocycles. The Hall–Kier alpha value is -7.62. The Morgan fingerprint density at radius 2 is 0.810 bits per heavy atom. The van der Waals surface area contributed by atoms with Crippen LogP contribution in [0, 0.1) is 0 Å². The van der Waals surface area contributed by atoms with Crippen LogP contribution in [0.5, 0.6) is 0 Å². The van der Waals surface area contributed by atoms with Crippen LogP contribution in [0.25, 0.3) is 100 Å². The van der Waals surface area contributed by atoms with E-state index >= 15 is 0 Å². The summed E-state index contributed by atoms with van der Waals surface area (Å²) in [6, 6.07) is 70.1. The summed E-state index contributed by atoms with van der Waals surface area (Å²) < 4.78 is 7.09. The predicted molar refractivity (Wildman–Crippen MR) is 247 cm³/mol. The number of benzene rings is 8. The lowest BCUT2D eigenvalue weighted by atomic mass is 9.98. The van der Waals surface area contributed by atoms with Crippen LogP contribution in [-0.4, -0.2) is 13.7 Å². The van der Waals surface area contributed by atoms with Crippen molar-refractivity contribution in [2.45, 2.75) is 6.92 Å². The Balaban J connectivity index is 1.10. The van der Waals surface area contributed by atoms with E-state index in [1.54, 1.807) is 0 Å². The summed E-state index contributed by atoms with van der Waals surface area (Å²) >= 11 is 0. The molecule has 3 aromatic heterocycles. The van der Waals surface area contributed by atoms with Crippen molar-refractivity contribution < 1.29 is 0 Å². The maximum atomic E-state index is 4.38. The van der Waals surface area contributed by atoms with Gasteiger partial charge in [-0.2, -0.15) is 0 Å². The van der Waals surface area contributed by atoms with Crippen molar-refractivity contribution in [2.75, 3.05) is 0 Å². The van der Waals surface area contributed by atoms with Gasteiger partial charge in [0.2, 0.25) is 0 Å². The van der Waals surface area contributed by atoms with Crippen LogP contribution in [0.15, 0.2) is 201 Å². The van der Waals surface area contributed by atoms with Crippen LogP contribution >= 0.6 is 0 Å². The summed E-state index contributed by atoms with van der Waals surface area (Å²) in [5.41, 5.74) is 16.4. The van der Waals surface area contributed by atoms with Gasteiger partial charge in [-0.1, -0.05) is 116 Å². The fraction of sp³-hybridized carbons (Fsp3) is 0.0182. The SMILES string of the molecule is C=Cc1c(/C=C(\C)c2ccc3c(c2)c2ccccc2n3-c2ccccc2)c2cc(-c3ccc4c(c3)c3ccccc3n4-c3ccccc3)ccc2n1-c1ccccc1. The molecule has 58 heavy (non-hydrogen) atoms. The molecule has 0 N–H and O–H groups in total. The predicted octanol–water partition coefficient (Wildman–Crippen LogP) is 14.7. The van der Waals surface area contributed by atoms with Gasteiger partial charge in [0.15, 0.2) is 0 Å². The van der Waals surface area contributed by atoms with E-state index < -0.39 is 0 Å². The molecule has 3 heteroatoms. The Morgan fingerprint density at radius 3 is 1.34 bits per heavy atom. The van der Waals surface area contributed by atoms with E-state index in [2.05, 4.69) is 227 Å². The summed E-state index contributed by atoms with van der Waals surface area (Å²) in [6.45, 7) is 6.61. The largest absolute Gasteiger partial charge is 0.309 e. The zero-order valence-corrected chi connectivity index (χ0v) is 32.2. The maximum absolute atomic E-state index is 4.38. The van der Waals surface area contributed by atoms with Gasteiger partial charge in [-0.05, 0) is 126 Å². The highest BCUT2D eigenvalue weighted by Crippen LogP contribution is 2.40. The number of rotatable bonds is 7. The molecule has 3 nitrogen and oxygen atoms in total. The minimum atomic E-state index is 1.07. The molecule has 11 aromatic rings. The molecule has 0 aliphatic heterocycles. The van der Waals surface area contributed by atoms with Crippen LogP contribution in [0.4, 0.5) is 0 Å². The van der Waals surface area contributed by atoms with Gasteiger partial charge in [0.25, 0.3) is 0 Å². The van der Waals surface area contributed by atoms with Crippen LogP contribution in [0.1, 0.15) is 23.7 Å². The third-order valence-electron chi connectivity index (χ3n) is 11.8. The molecule has 3 heterocycles. The van der Waals surface area contributed by atoms with Gasteiger partial charge < -0.3 is 13.7 Å². The average molecular weight is 742 g/mol. The monoisotopic (exact) mass is 741 g/mol. The Kier molecular flexibility index (Phi) is 7.87. The van der Waals surface area contributed by atoms with E-state index in [0.717, 1.165) is 33.8 Å². The van der Waals surface area contributed by atoms with E-state index in [0.29, 0.717) is 0 Å². The van der Waals surface area contributed by atoms with Crippen molar-refractivity contribution in [1.82, 2.24) is 13.7 Å². The highest BCUT2D eigenvalue weighted by Gasteiger charge is 2.19. The molecule has 0 aliphatic carbocycles. The Morgan fingerprint density at radius 1 is 0.397 bits per heavy atom. The minimum absolute atomic E-state index is 1.07. The van der Waals surface area contributed by atoms with Crippen LogP contribution in [0.2, 0.25) is 0 Å². The van der Waals surface area contributed by atoms with Gasteiger partial charge >= 0.3 is 0 Å². The van der Waals surface area contributed by atoms with Crippen molar-refractivity contribution in [3.8, 4) is 28.2 Å². The van der Waals surface area contributed by atoms with Gasteiger partial charge in [-0.25, -0.2) is 0 Å². The molecule has 0 amide bonds. The van der Waals surface area contributed by atoms with Crippen molar-refractivity contribution in [3.05, 3.63) is 218 Å². The van der Waals surface area contributed by atoms with E-state index in [-0.39, 0.29) is 0 Å². The average Bonchev–Trinajstić information content (AvgIpc) is 3.91. The second-order valence-electron chi connectivity index (χ2n) is 15.1. The zero-order valence-electron chi connectivity index (χ0n) is 32.2. The molecule has 11 rings (SSSR count). The molecule has 0 unspecified atom stereocenters. The molecule has 0 radical (unpaired) electrons. The smallest absolute Gasteiger partial charge is 0.0541 e. The van der Waals surface area contributed by atoms with Gasteiger partial charge in [0.1, 0.15) is 0 Å². The molecular weight excluding hydrogens is 703 g/mol. The number of allylic oxidation sites excluding steroid dienone is 1. The van der Waals surface area contributed by atoms with Crippen molar-refractivity contribution in [1.29, 1.82) is 0 Å². The van der Waals surface area contributed by atoms with Crippen LogP contribution in [0.3, 0.4) is 0 Å². The first-order valence-corrected chi connectivity index (χ1v) is 19.9. The van der Waals surface area contributed by atoms with Crippen molar-refractivity contribution in [2.24, 2.45) is 0 Å². The summed E-state index contributed by atoms with van der Waals surface area (Å²) in [7, 11) is 0. The first kappa shape index (κ1) is 33.7. The minimum Gasteiger partial charge on any atom is -0.309 e. The van der Waals surface area contributed by atoms with Gasteiger partial charge in [0.05, 0.1) is 33.3 Å². The second-order valence-corrected chi connectivity index (χ2v) is 15.1. The summed E-state index contributed by atoms with van der Waals surface area (Å²) in [6.07, 6.45) is 4.36. The number of hydrogen-bond acceptors (Lipinski definition) is 0. The van der Waals surface area contributed by atoms with E-state index in [9.17, 15) is 0 Å². The normalized spacial score (nSPS) is 12.1. The Labute approximate surface area is 337 Å². The van der Waals surface area contributed by atoms with E-state index in [4.69, 9.17) is 0 Å². The summed E-state index contributed by atoms with van der Waals surface area (Å²) in [5, 5.41) is 6.16. The fourth-order valence-corrected chi connectivity index (χ4v) is 9.10. The number of para-hydroxylation sites is 5. The molecular formula is C55H39N3. The van der Waals surface area contributed by atoms with Crippen LogP contribution < -0.4 is 0 Å². The standard InChI is InChI=1S/C55H39N3/c1-3-50-46(33-37(2)38-27-30-53-47(34-38)44-23-13-15-25-51(44)57(53)42-19-9-5-10-20-42)49-36-40(29-32-55(49)56(50)41-17-7-4-8-18-41)39-28-31-54-48(35-39)45-24-14-16-26-52(45)58(54)43-21-11-6-12-22-43/h3-36H,1H2,2H3/b37-33+. The molecule has 8 aromatic carbocycles. The van der Waals surface area contributed by atoms with E-state index in [1.807, 2.05) is 6.08 Å². The lowest BCUT2D eigenvalue weighted by Crippen LogP contribution is -1.96. The molecule has 0 aliphatic rings. The number of nitrogens with zero attached hydrogens (tertiary/aromatic N) is 3. The number of hydrogen-bond donors (Lipinski definition) is 0. The fourth-order valence-electron chi connectivity index (χ4n) is 9.10. The highest BCUT2D eigenvalue weighted by atomic mass is 15.0. The number of fused-ring (bicyclic) bond motifs is 7. The van der Waals surface area contributed by atoms with Gasteiger partial charge in [0, 0.05) is 49.6 Å².